The van der Waals surface area contributed by atoms with Gasteiger partial charge in [0.05, 0.1) is 23.6 Å². The molecule has 0 saturated heterocycles. The number of hydrazine groups is 1. The largest absolute Gasteiger partial charge is 0.482 e. The highest BCUT2D eigenvalue weighted by molar-refractivity contribution is 5.97. The number of nitrogens with two attached hydrogens (primary N) is 1. The Balaban J connectivity index is 1.91. The van der Waals surface area contributed by atoms with E-state index in [0.29, 0.717) is 12.3 Å². The van der Waals surface area contributed by atoms with E-state index in [9.17, 15) is 4.79 Å². The van der Waals surface area contributed by atoms with E-state index in [1.807, 2.05) is 30.3 Å². The fourth-order valence-electron chi connectivity index (χ4n) is 2.14. The van der Waals surface area contributed by atoms with Crippen LogP contribution in [-0.4, -0.2) is 17.5 Å². The highest BCUT2D eigenvalue weighted by atomic mass is 16.5. The summed E-state index contributed by atoms with van der Waals surface area (Å²) in [5.41, 5.74) is 4.84. The average Bonchev–Trinajstić information content (AvgIpc) is 2.50. The molecule has 1 aliphatic rings. The zero-order valence-electron chi connectivity index (χ0n) is 10.7. The molecule has 6 heteroatoms. The molecule has 0 bridgehead atoms. The van der Waals surface area contributed by atoms with Gasteiger partial charge in [0.25, 0.3) is 5.91 Å². The molecule has 1 aromatic carbocycles. The van der Waals surface area contributed by atoms with Crippen LogP contribution in [0.2, 0.25) is 0 Å². The quantitative estimate of drug-likeness (QED) is 0.649. The number of nitrogen functional groups attached to an aromatic ring is 1. The Labute approximate surface area is 116 Å². The molecule has 0 saturated carbocycles. The third-order valence-corrected chi connectivity index (χ3v) is 3.11. The predicted molar refractivity (Wildman–Crippen MR) is 75.2 cm³/mol. The number of anilines is 2. The van der Waals surface area contributed by atoms with Crippen LogP contribution < -0.4 is 20.9 Å². The van der Waals surface area contributed by atoms with E-state index in [1.54, 1.807) is 17.2 Å². The van der Waals surface area contributed by atoms with E-state index in [4.69, 9.17) is 10.6 Å². The number of carbonyl (C=O) groups excluding carboxylic acids is 1. The van der Waals surface area contributed by atoms with Gasteiger partial charge in [0.2, 0.25) is 0 Å². The first-order valence-electron chi connectivity index (χ1n) is 6.21. The Morgan fingerprint density at radius 2 is 2.20 bits per heavy atom. The van der Waals surface area contributed by atoms with Gasteiger partial charge in [0, 0.05) is 6.20 Å². The molecule has 2 heterocycles. The maximum absolute atomic E-state index is 12.0. The summed E-state index contributed by atoms with van der Waals surface area (Å²) < 4.78 is 5.40. The Bertz CT molecular complexity index is 645. The van der Waals surface area contributed by atoms with Gasteiger partial charge in [-0.05, 0) is 24.3 Å². The second-order valence-corrected chi connectivity index (χ2v) is 4.42. The molecular formula is C14H14N4O2. The van der Waals surface area contributed by atoms with Crippen LogP contribution in [0.1, 0.15) is 5.69 Å². The SMILES string of the molecule is NNc1ccnc(CN2C(=O)COc3ccccc32)c1. The molecule has 0 radical (unpaired) electrons. The molecular weight excluding hydrogens is 256 g/mol. The number of fused-ring (bicyclic) bond motifs is 1. The van der Waals surface area contributed by atoms with Crippen LogP contribution in [0, 0.1) is 0 Å². The monoisotopic (exact) mass is 270 g/mol. The van der Waals surface area contributed by atoms with E-state index in [-0.39, 0.29) is 12.5 Å². The summed E-state index contributed by atoms with van der Waals surface area (Å²) in [6.07, 6.45) is 1.65. The van der Waals surface area contributed by atoms with Gasteiger partial charge < -0.3 is 10.2 Å². The maximum atomic E-state index is 12.0. The van der Waals surface area contributed by atoms with Crippen molar-refractivity contribution in [2.24, 2.45) is 5.84 Å². The number of nitrogens with one attached hydrogen (secondary N) is 1. The smallest absolute Gasteiger partial charge is 0.265 e. The second-order valence-electron chi connectivity index (χ2n) is 4.42. The fraction of sp³-hybridized carbons (Fsp3) is 0.143. The van der Waals surface area contributed by atoms with Crippen LogP contribution in [0.4, 0.5) is 11.4 Å². The highest BCUT2D eigenvalue weighted by Crippen LogP contribution is 2.32. The molecule has 0 spiro atoms. The molecule has 3 N–H and O–H groups in total. The molecule has 6 nitrogen and oxygen atoms in total. The highest BCUT2D eigenvalue weighted by Gasteiger charge is 2.25. The molecule has 0 atom stereocenters. The summed E-state index contributed by atoms with van der Waals surface area (Å²) in [5, 5.41) is 0. The number of nitrogens with zero attached hydrogens (tertiary/aromatic N) is 2. The number of rotatable bonds is 3. The van der Waals surface area contributed by atoms with Crippen molar-refractivity contribution in [2.75, 3.05) is 16.9 Å². The van der Waals surface area contributed by atoms with Gasteiger partial charge in [-0.15, -0.1) is 0 Å². The number of hydrogen-bond acceptors (Lipinski definition) is 5. The number of benzene rings is 1. The summed E-state index contributed by atoms with van der Waals surface area (Å²) in [4.78, 5) is 18.0. The number of ether oxygens (including phenoxy) is 1. The second kappa shape index (κ2) is 5.18. The van der Waals surface area contributed by atoms with Crippen molar-refractivity contribution in [1.29, 1.82) is 0 Å². The van der Waals surface area contributed by atoms with Gasteiger partial charge in [-0.1, -0.05) is 12.1 Å². The van der Waals surface area contributed by atoms with Gasteiger partial charge in [-0.3, -0.25) is 20.5 Å². The average molecular weight is 270 g/mol. The lowest BCUT2D eigenvalue weighted by Crippen LogP contribution is -2.38. The minimum atomic E-state index is -0.0865. The molecule has 0 aliphatic carbocycles. The zero-order valence-corrected chi connectivity index (χ0v) is 10.7. The molecule has 3 rings (SSSR count). The van der Waals surface area contributed by atoms with E-state index in [2.05, 4.69) is 10.4 Å². The van der Waals surface area contributed by atoms with Crippen LogP contribution in [-0.2, 0) is 11.3 Å². The lowest BCUT2D eigenvalue weighted by atomic mass is 10.2. The molecule has 102 valence electrons. The predicted octanol–water partition coefficient (Wildman–Crippen LogP) is 1.29. The topological polar surface area (TPSA) is 80.5 Å². The minimum Gasteiger partial charge on any atom is -0.482 e. The third kappa shape index (κ3) is 2.28. The summed E-state index contributed by atoms with van der Waals surface area (Å²) in [6.45, 7) is 0.431. The number of aromatic nitrogens is 1. The van der Waals surface area contributed by atoms with Crippen molar-refractivity contribution in [3.63, 3.8) is 0 Å². The molecule has 2 aromatic rings. The summed E-state index contributed by atoms with van der Waals surface area (Å²) in [7, 11) is 0. The van der Waals surface area contributed by atoms with Gasteiger partial charge in [0.1, 0.15) is 5.75 Å². The van der Waals surface area contributed by atoms with E-state index < -0.39 is 0 Å². The zero-order chi connectivity index (χ0) is 13.9. The first-order chi connectivity index (χ1) is 9.78. The van der Waals surface area contributed by atoms with E-state index >= 15 is 0 Å². The van der Waals surface area contributed by atoms with Gasteiger partial charge in [0.15, 0.2) is 6.61 Å². The van der Waals surface area contributed by atoms with Gasteiger partial charge >= 0.3 is 0 Å². The molecule has 0 fully saturated rings. The van der Waals surface area contributed by atoms with Crippen molar-refractivity contribution >= 4 is 17.3 Å². The lowest BCUT2D eigenvalue weighted by Gasteiger charge is -2.29. The van der Waals surface area contributed by atoms with Crippen LogP contribution in [0.25, 0.3) is 0 Å². The van der Waals surface area contributed by atoms with Crippen LogP contribution >= 0.6 is 0 Å². The van der Waals surface area contributed by atoms with Crippen LogP contribution in [0.15, 0.2) is 42.6 Å². The summed E-state index contributed by atoms with van der Waals surface area (Å²) in [5.74, 6) is 6.00. The molecule has 1 amide bonds. The Hall–Kier alpha value is -2.60. The van der Waals surface area contributed by atoms with Crippen molar-refractivity contribution < 1.29 is 9.53 Å². The van der Waals surface area contributed by atoms with Crippen molar-refractivity contribution in [2.45, 2.75) is 6.54 Å². The van der Waals surface area contributed by atoms with Crippen LogP contribution in [0.5, 0.6) is 5.75 Å². The normalized spacial score (nSPS) is 13.7. The van der Waals surface area contributed by atoms with Gasteiger partial charge in [-0.2, -0.15) is 0 Å². The van der Waals surface area contributed by atoms with Crippen LogP contribution in [0.3, 0.4) is 0 Å². The number of hydrogen-bond donors (Lipinski definition) is 2. The number of para-hydroxylation sites is 2. The number of pyridine rings is 1. The molecule has 1 aliphatic heterocycles. The standard InChI is InChI=1S/C14H14N4O2/c15-17-10-5-6-16-11(7-10)8-18-12-3-1-2-4-13(12)20-9-14(18)19/h1-7H,8-9,15H2,(H,16,17). The first-order valence-corrected chi connectivity index (χ1v) is 6.21. The van der Waals surface area contributed by atoms with Crippen molar-refractivity contribution in [3.05, 3.63) is 48.3 Å². The van der Waals surface area contributed by atoms with E-state index in [1.165, 1.54) is 0 Å². The third-order valence-electron chi connectivity index (χ3n) is 3.11. The van der Waals surface area contributed by atoms with Crippen molar-refractivity contribution in [3.8, 4) is 5.75 Å². The summed E-state index contributed by atoms with van der Waals surface area (Å²) in [6, 6.07) is 11.0. The number of amides is 1. The Kier molecular flexibility index (Phi) is 3.22. The first kappa shape index (κ1) is 12.4. The molecule has 0 unspecified atom stereocenters. The fourth-order valence-corrected chi connectivity index (χ4v) is 2.14. The van der Waals surface area contributed by atoms with E-state index in [0.717, 1.165) is 17.1 Å². The minimum absolute atomic E-state index is 0.0475. The number of carbonyl (C=O) groups is 1. The molecule has 20 heavy (non-hydrogen) atoms. The summed E-state index contributed by atoms with van der Waals surface area (Å²) >= 11 is 0. The molecule has 1 aromatic heterocycles. The Morgan fingerprint density at radius 1 is 1.35 bits per heavy atom. The van der Waals surface area contributed by atoms with Gasteiger partial charge in [-0.25, -0.2) is 0 Å². The maximum Gasteiger partial charge on any atom is 0.265 e. The Morgan fingerprint density at radius 3 is 3.05 bits per heavy atom. The lowest BCUT2D eigenvalue weighted by molar-refractivity contribution is -0.121. The van der Waals surface area contributed by atoms with Crippen molar-refractivity contribution in [1.82, 2.24) is 4.98 Å².